The van der Waals surface area contributed by atoms with Crippen LogP contribution >= 0.6 is 23.2 Å². The molecule has 0 fully saturated rings. The maximum atomic E-state index is 6.30. The Labute approximate surface area is 122 Å². The summed E-state index contributed by atoms with van der Waals surface area (Å²) in [5.74, 6) is 0.644. The van der Waals surface area contributed by atoms with Crippen molar-refractivity contribution in [2.75, 3.05) is 7.11 Å². The number of ether oxygens (including phenoxy) is 1. The van der Waals surface area contributed by atoms with E-state index in [0.717, 1.165) is 11.3 Å². The second-order valence-corrected chi connectivity index (χ2v) is 4.90. The fourth-order valence-corrected chi connectivity index (χ4v) is 2.42. The van der Waals surface area contributed by atoms with Gasteiger partial charge in [-0.1, -0.05) is 23.2 Å². The molecule has 1 heterocycles. The maximum absolute atomic E-state index is 6.30. The number of nitrogens with two attached hydrogens (primary N) is 1. The first-order valence-corrected chi connectivity index (χ1v) is 6.64. The highest BCUT2D eigenvalue weighted by Crippen LogP contribution is 2.33. The van der Waals surface area contributed by atoms with Gasteiger partial charge in [-0.25, -0.2) is 0 Å². The number of aromatic nitrogens is 2. The molecule has 19 heavy (non-hydrogen) atoms. The Hall–Kier alpha value is -1.23. The highest BCUT2D eigenvalue weighted by molar-refractivity contribution is 6.33. The van der Waals surface area contributed by atoms with Crippen molar-refractivity contribution in [3.05, 3.63) is 45.7 Å². The number of rotatable bonds is 4. The second-order valence-electron chi connectivity index (χ2n) is 4.06. The lowest BCUT2D eigenvalue weighted by Crippen LogP contribution is -2.18. The van der Waals surface area contributed by atoms with Crippen LogP contribution in [0.4, 0.5) is 0 Å². The van der Waals surface area contributed by atoms with Crippen LogP contribution in [0.3, 0.4) is 0 Å². The van der Waals surface area contributed by atoms with Crippen LogP contribution in [0.2, 0.25) is 10.0 Å². The molecule has 0 bridgehead atoms. The third-order valence-electron chi connectivity index (χ3n) is 2.95. The topological polar surface area (TPSA) is 53.1 Å². The number of hydrogen-bond acceptors (Lipinski definition) is 3. The van der Waals surface area contributed by atoms with E-state index in [0.29, 0.717) is 22.3 Å². The average molecular weight is 300 g/mol. The first-order valence-electron chi connectivity index (χ1n) is 5.88. The molecule has 0 aliphatic rings. The molecule has 0 saturated heterocycles. The quantitative estimate of drug-likeness (QED) is 0.943. The highest BCUT2D eigenvalue weighted by Gasteiger charge is 2.21. The molecule has 4 nitrogen and oxygen atoms in total. The third-order valence-corrected chi connectivity index (χ3v) is 3.53. The first-order chi connectivity index (χ1) is 9.08. The molecule has 102 valence electrons. The number of methoxy groups -OCH3 is 1. The highest BCUT2D eigenvalue weighted by atomic mass is 35.5. The van der Waals surface area contributed by atoms with Crippen molar-refractivity contribution < 1.29 is 4.74 Å². The number of halogens is 2. The average Bonchev–Trinajstić information content (AvgIpc) is 2.83. The largest absolute Gasteiger partial charge is 0.493 e. The zero-order chi connectivity index (χ0) is 14.0. The smallest absolute Gasteiger partial charge is 0.161 e. The molecule has 2 aromatic rings. The molecule has 0 spiro atoms. The molecule has 2 rings (SSSR count). The fraction of sp³-hybridized carbons (Fsp3) is 0.308. The Morgan fingerprint density at radius 1 is 1.42 bits per heavy atom. The third kappa shape index (κ3) is 2.71. The monoisotopic (exact) mass is 299 g/mol. The zero-order valence-electron chi connectivity index (χ0n) is 10.7. The predicted molar refractivity (Wildman–Crippen MR) is 76.9 cm³/mol. The molecule has 2 N–H and O–H groups in total. The van der Waals surface area contributed by atoms with Crippen molar-refractivity contribution in [1.82, 2.24) is 9.78 Å². The minimum atomic E-state index is -0.441. The summed E-state index contributed by atoms with van der Waals surface area (Å²) in [4.78, 5) is 0. The Kier molecular flexibility index (Phi) is 4.34. The van der Waals surface area contributed by atoms with Gasteiger partial charge in [0.1, 0.15) is 5.69 Å². The van der Waals surface area contributed by atoms with Crippen LogP contribution < -0.4 is 10.5 Å². The number of benzene rings is 1. The van der Waals surface area contributed by atoms with Gasteiger partial charge in [-0.15, -0.1) is 0 Å². The Balaban J connectivity index is 2.51. The summed E-state index contributed by atoms with van der Waals surface area (Å²) in [6, 6.07) is 4.79. The van der Waals surface area contributed by atoms with Crippen LogP contribution in [-0.4, -0.2) is 16.9 Å². The van der Waals surface area contributed by atoms with Gasteiger partial charge >= 0.3 is 0 Å². The van der Waals surface area contributed by atoms with Crippen molar-refractivity contribution in [3.63, 3.8) is 0 Å². The normalized spacial score (nSPS) is 12.5. The lowest BCUT2D eigenvalue weighted by Gasteiger charge is -2.17. The van der Waals surface area contributed by atoms with Gasteiger partial charge in [0.05, 0.1) is 19.3 Å². The van der Waals surface area contributed by atoms with E-state index in [1.807, 2.05) is 6.92 Å². The summed E-state index contributed by atoms with van der Waals surface area (Å²) in [5.41, 5.74) is 7.84. The van der Waals surface area contributed by atoms with E-state index < -0.39 is 6.04 Å². The van der Waals surface area contributed by atoms with Gasteiger partial charge in [0, 0.05) is 16.6 Å². The van der Waals surface area contributed by atoms with Crippen molar-refractivity contribution in [3.8, 4) is 5.75 Å². The summed E-state index contributed by atoms with van der Waals surface area (Å²) in [6.07, 6.45) is 1.65. The molecule has 6 heteroatoms. The Bertz CT molecular complexity index is 562. The fourth-order valence-electron chi connectivity index (χ4n) is 2.00. The molecule has 0 aliphatic heterocycles. The van der Waals surface area contributed by atoms with Crippen molar-refractivity contribution in [2.24, 2.45) is 5.73 Å². The van der Waals surface area contributed by atoms with Gasteiger partial charge in [0.25, 0.3) is 0 Å². The molecular formula is C13H15Cl2N3O. The number of hydrogen-bond donors (Lipinski definition) is 1. The minimum absolute atomic E-state index is 0.441. The molecule has 0 saturated carbocycles. The summed E-state index contributed by atoms with van der Waals surface area (Å²) in [6.45, 7) is 2.69. The van der Waals surface area contributed by atoms with Gasteiger partial charge in [-0.05, 0) is 30.7 Å². The van der Waals surface area contributed by atoms with Gasteiger partial charge in [0.15, 0.2) is 5.75 Å². The minimum Gasteiger partial charge on any atom is -0.493 e. The summed E-state index contributed by atoms with van der Waals surface area (Å²) in [7, 11) is 1.59. The van der Waals surface area contributed by atoms with Gasteiger partial charge < -0.3 is 10.5 Å². The van der Waals surface area contributed by atoms with Crippen LogP contribution in [0.15, 0.2) is 24.4 Å². The lowest BCUT2D eigenvalue weighted by molar-refractivity contribution is 0.404. The van der Waals surface area contributed by atoms with E-state index in [1.165, 1.54) is 0 Å². The van der Waals surface area contributed by atoms with E-state index in [2.05, 4.69) is 5.10 Å². The number of nitrogens with zero attached hydrogens (tertiary/aromatic N) is 2. The molecule has 1 aromatic carbocycles. The van der Waals surface area contributed by atoms with Crippen molar-refractivity contribution >= 4 is 23.2 Å². The lowest BCUT2D eigenvalue weighted by atomic mass is 10.0. The summed E-state index contributed by atoms with van der Waals surface area (Å²) in [5, 5.41) is 5.41. The Morgan fingerprint density at radius 2 is 2.16 bits per heavy atom. The van der Waals surface area contributed by atoms with Gasteiger partial charge in [-0.2, -0.15) is 5.10 Å². The summed E-state index contributed by atoms with van der Waals surface area (Å²) >= 11 is 12.2. The van der Waals surface area contributed by atoms with Crippen LogP contribution in [0, 0.1) is 0 Å². The van der Waals surface area contributed by atoms with E-state index in [1.54, 1.807) is 36.2 Å². The first kappa shape index (κ1) is 14.2. The second kappa shape index (κ2) is 5.82. The van der Waals surface area contributed by atoms with E-state index in [9.17, 15) is 0 Å². The molecule has 0 aliphatic carbocycles. The standard InChI is InChI=1S/C13H15Cl2N3O/c1-3-18-13(11(19-2)7-17-18)12(16)9-6-8(14)4-5-10(9)15/h4-7,12H,3,16H2,1-2H3. The van der Waals surface area contributed by atoms with Crippen molar-refractivity contribution in [1.29, 1.82) is 0 Å². The van der Waals surface area contributed by atoms with Gasteiger partial charge in [0.2, 0.25) is 0 Å². The molecule has 0 amide bonds. The SMILES string of the molecule is CCn1ncc(OC)c1C(N)c1cc(Cl)ccc1Cl. The molecule has 1 unspecified atom stereocenters. The molecule has 1 atom stereocenters. The van der Waals surface area contributed by atoms with Crippen LogP contribution in [0.25, 0.3) is 0 Å². The van der Waals surface area contributed by atoms with E-state index in [-0.39, 0.29) is 0 Å². The van der Waals surface area contributed by atoms with E-state index >= 15 is 0 Å². The van der Waals surface area contributed by atoms with Crippen LogP contribution in [0.1, 0.15) is 24.2 Å². The molecule has 1 aromatic heterocycles. The van der Waals surface area contributed by atoms with Crippen LogP contribution in [-0.2, 0) is 6.54 Å². The summed E-state index contributed by atoms with van der Waals surface area (Å²) < 4.78 is 7.09. The molecule has 0 radical (unpaired) electrons. The maximum Gasteiger partial charge on any atom is 0.161 e. The predicted octanol–water partition coefficient (Wildman–Crippen LogP) is 3.27. The van der Waals surface area contributed by atoms with E-state index in [4.69, 9.17) is 33.7 Å². The zero-order valence-corrected chi connectivity index (χ0v) is 12.2. The van der Waals surface area contributed by atoms with Crippen molar-refractivity contribution in [2.45, 2.75) is 19.5 Å². The van der Waals surface area contributed by atoms with Gasteiger partial charge in [-0.3, -0.25) is 4.68 Å². The Morgan fingerprint density at radius 3 is 2.79 bits per heavy atom. The van der Waals surface area contributed by atoms with Crippen LogP contribution in [0.5, 0.6) is 5.75 Å². The molecular weight excluding hydrogens is 285 g/mol. The number of aryl methyl sites for hydroxylation is 1.